The van der Waals surface area contributed by atoms with E-state index in [-0.39, 0.29) is 16.6 Å². The summed E-state index contributed by atoms with van der Waals surface area (Å²) < 4.78 is 68.1. The van der Waals surface area contributed by atoms with E-state index in [9.17, 15) is 21.6 Å². The van der Waals surface area contributed by atoms with Crippen molar-refractivity contribution in [2.24, 2.45) is 0 Å². The average Bonchev–Trinajstić information content (AvgIpc) is 3.33. The van der Waals surface area contributed by atoms with Gasteiger partial charge in [-0.1, -0.05) is 19.1 Å². The predicted octanol–water partition coefficient (Wildman–Crippen LogP) is 4.63. The Morgan fingerprint density at radius 1 is 1.17 bits per heavy atom. The van der Waals surface area contributed by atoms with Crippen molar-refractivity contribution in [2.75, 3.05) is 18.8 Å². The summed E-state index contributed by atoms with van der Waals surface area (Å²) in [4.78, 5) is 6.88. The van der Waals surface area contributed by atoms with Crippen molar-refractivity contribution < 1.29 is 26.0 Å². The van der Waals surface area contributed by atoms with Crippen LogP contribution in [-0.2, 0) is 22.6 Å². The Bertz CT molecular complexity index is 1150. The van der Waals surface area contributed by atoms with Crippen LogP contribution in [0.3, 0.4) is 0 Å². The third-order valence-corrected chi connectivity index (χ3v) is 7.16. The van der Waals surface area contributed by atoms with Gasteiger partial charge in [-0.15, -0.1) is 0 Å². The summed E-state index contributed by atoms with van der Waals surface area (Å²) >= 11 is 0. The van der Waals surface area contributed by atoms with E-state index >= 15 is 0 Å². The van der Waals surface area contributed by atoms with E-state index in [0.29, 0.717) is 30.1 Å². The van der Waals surface area contributed by atoms with E-state index in [4.69, 9.17) is 4.42 Å². The Hall–Kier alpha value is -2.39. The predicted molar refractivity (Wildman–Crippen MR) is 106 cm³/mol. The largest absolute Gasteiger partial charge is 0.440 e. The van der Waals surface area contributed by atoms with Gasteiger partial charge in [-0.25, -0.2) is 13.4 Å². The maximum Gasteiger partial charge on any atom is 0.416 e. The molecule has 160 valence electrons. The van der Waals surface area contributed by atoms with Crippen molar-refractivity contribution in [3.8, 4) is 0 Å². The van der Waals surface area contributed by atoms with E-state index in [1.807, 2.05) is 0 Å². The van der Waals surface area contributed by atoms with Crippen molar-refractivity contribution in [1.82, 2.24) is 9.88 Å². The summed E-state index contributed by atoms with van der Waals surface area (Å²) in [6.07, 6.45) is -3.52. The molecule has 1 aromatic heterocycles. The van der Waals surface area contributed by atoms with Crippen molar-refractivity contribution in [2.45, 2.75) is 36.9 Å². The minimum Gasteiger partial charge on any atom is -0.440 e. The summed E-state index contributed by atoms with van der Waals surface area (Å²) in [7, 11) is -3.32. The summed E-state index contributed by atoms with van der Waals surface area (Å²) in [5.41, 5.74) is 1.22. The molecule has 1 fully saturated rings. The number of sulfone groups is 1. The highest BCUT2D eigenvalue weighted by Crippen LogP contribution is 2.32. The van der Waals surface area contributed by atoms with Crippen LogP contribution in [0.5, 0.6) is 0 Å². The van der Waals surface area contributed by atoms with Crippen LogP contribution in [0.2, 0.25) is 0 Å². The third kappa shape index (κ3) is 4.22. The van der Waals surface area contributed by atoms with Crippen LogP contribution in [0.15, 0.2) is 51.8 Å². The molecule has 0 spiro atoms. The summed E-state index contributed by atoms with van der Waals surface area (Å²) in [5.74, 6) is 0.633. The first kappa shape index (κ1) is 20.9. The minimum atomic E-state index is -4.33. The second-order valence-corrected chi connectivity index (χ2v) is 9.78. The molecule has 30 heavy (non-hydrogen) atoms. The highest BCUT2D eigenvalue weighted by molar-refractivity contribution is 7.91. The monoisotopic (exact) mass is 438 g/mol. The second kappa shape index (κ2) is 7.70. The smallest absolute Gasteiger partial charge is 0.416 e. The van der Waals surface area contributed by atoms with E-state index < -0.39 is 21.6 Å². The number of halogens is 3. The highest BCUT2D eigenvalue weighted by atomic mass is 32.2. The zero-order valence-electron chi connectivity index (χ0n) is 16.3. The first-order chi connectivity index (χ1) is 14.2. The molecule has 9 heteroatoms. The molecule has 2 heterocycles. The Kier molecular flexibility index (Phi) is 5.36. The number of benzene rings is 2. The van der Waals surface area contributed by atoms with Crippen molar-refractivity contribution in [3.05, 3.63) is 59.5 Å². The topological polar surface area (TPSA) is 63.4 Å². The fourth-order valence-electron chi connectivity index (χ4n) is 3.69. The molecule has 2 aromatic carbocycles. The van der Waals surface area contributed by atoms with Gasteiger partial charge in [-0.2, -0.15) is 13.2 Å². The Morgan fingerprint density at radius 3 is 2.57 bits per heavy atom. The van der Waals surface area contributed by atoms with Gasteiger partial charge in [-0.05, 0) is 48.9 Å². The van der Waals surface area contributed by atoms with Crippen molar-refractivity contribution in [3.63, 3.8) is 0 Å². The maximum absolute atomic E-state index is 12.7. The first-order valence-corrected chi connectivity index (χ1v) is 11.3. The van der Waals surface area contributed by atoms with Gasteiger partial charge in [0.15, 0.2) is 21.3 Å². The van der Waals surface area contributed by atoms with Gasteiger partial charge in [0, 0.05) is 19.0 Å². The molecule has 0 saturated carbocycles. The molecule has 3 aromatic rings. The lowest BCUT2D eigenvalue weighted by Gasteiger charge is -2.16. The molecular formula is C21H21F3N2O3S. The molecule has 1 atom stereocenters. The number of hydrogen-bond acceptors (Lipinski definition) is 5. The number of hydrogen-bond donors (Lipinski definition) is 0. The Balaban J connectivity index is 1.46. The number of fused-ring (bicyclic) bond motifs is 1. The number of aromatic nitrogens is 1. The van der Waals surface area contributed by atoms with Gasteiger partial charge < -0.3 is 4.42 Å². The van der Waals surface area contributed by atoms with Crippen molar-refractivity contribution >= 4 is 20.9 Å². The number of likely N-dealkylation sites (tertiary alicyclic amines) is 1. The van der Waals surface area contributed by atoms with E-state index in [0.717, 1.165) is 30.7 Å². The molecule has 1 saturated heterocycles. The van der Waals surface area contributed by atoms with Gasteiger partial charge >= 0.3 is 6.18 Å². The van der Waals surface area contributed by atoms with Crippen molar-refractivity contribution in [1.29, 1.82) is 0 Å². The van der Waals surface area contributed by atoms with Crippen LogP contribution in [0, 0.1) is 0 Å². The molecule has 0 aliphatic carbocycles. The fourth-order valence-corrected chi connectivity index (χ4v) is 4.59. The molecule has 1 unspecified atom stereocenters. The standard InChI is InChI=1S/C21H21F3N2O3S/c1-2-30(27,28)17-7-8-19-18(11-17)25-20(29-19)15-9-10-26(13-15)12-14-3-5-16(6-4-14)21(22,23)24/h3-8,11,15H,2,9-10,12-13H2,1H3. The van der Waals surface area contributed by atoms with Gasteiger partial charge in [-0.3, -0.25) is 4.90 Å². The summed E-state index contributed by atoms with van der Waals surface area (Å²) in [6.45, 7) is 3.60. The fraction of sp³-hybridized carbons (Fsp3) is 0.381. The lowest BCUT2D eigenvalue weighted by Crippen LogP contribution is -2.20. The minimum absolute atomic E-state index is 0.0186. The van der Waals surface area contributed by atoms with Crippen LogP contribution in [0.1, 0.15) is 36.3 Å². The summed E-state index contributed by atoms with van der Waals surface area (Å²) in [6, 6.07) is 9.91. The number of alkyl halides is 3. The first-order valence-electron chi connectivity index (χ1n) is 9.67. The Labute approximate surface area is 172 Å². The molecule has 1 aliphatic rings. The normalized spacial score (nSPS) is 18.3. The lowest BCUT2D eigenvalue weighted by atomic mass is 10.1. The molecular weight excluding hydrogens is 417 g/mol. The zero-order valence-corrected chi connectivity index (χ0v) is 17.1. The van der Waals surface area contributed by atoms with Crippen LogP contribution >= 0.6 is 0 Å². The molecule has 0 bridgehead atoms. The Morgan fingerprint density at radius 2 is 1.90 bits per heavy atom. The van der Waals surface area contributed by atoms with Crippen LogP contribution in [0.25, 0.3) is 11.1 Å². The number of oxazole rings is 1. The van der Waals surface area contributed by atoms with Crippen LogP contribution in [0.4, 0.5) is 13.2 Å². The van der Waals surface area contributed by atoms with Gasteiger partial charge in [0.25, 0.3) is 0 Å². The maximum atomic E-state index is 12.7. The van der Waals surface area contributed by atoms with Crippen LogP contribution in [-0.4, -0.2) is 37.1 Å². The third-order valence-electron chi connectivity index (χ3n) is 5.42. The van der Waals surface area contributed by atoms with Gasteiger partial charge in [0.1, 0.15) is 5.52 Å². The molecule has 0 radical (unpaired) electrons. The summed E-state index contributed by atoms with van der Waals surface area (Å²) in [5, 5.41) is 0. The highest BCUT2D eigenvalue weighted by Gasteiger charge is 2.31. The molecule has 0 N–H and O–H groups in total. The quantitative estimate of drug-likeness (QED) is 0.581. The van der Waals surface area contributed by atoms with E-state index in [1.165, 1.54) is 24.3 Å². The van der Waals surface area contributed by atoms with E-state index in [1.54, 1.807) is 13.0 Å². The molecule has 4 rings (SSSR count). The van der Waals surface area contributed by atoms with Gasteiger partial charge in [0.2, 0.25) is 0 Å². The van der Waals surface area contributed by atoms with Crippen LogP contribution < -0.4 is 0 Å². The average molecular weight is 438 g/mol. The number of rotatable bonds is 5. The zero-order chi connectivity index (χ0) is 21.5. The number of nitrogens with zero attached hydrogens (tertiary/aromatic N) is 2. The molecule has 1 aliphatic heterocycles. The van der Waals surface area contributed by atoms with E-state index in [2.05, 4.69) is 9.88 Å². The SMILES string of the molecule is CCS(=O)(=O)c1ccc2oc(C3CCN(Cc4ccc(C(F)(F)F)cc4)C3)nc2c1. The lowest BCUT2D eigenvalue weighted by molar-refractivity contribution is -0.137. The second-order valence-electron chi connectivity index (χ2n) is 7.50. The molecule has 5 nitrogen and oxygen atoms in total. The van der Waals surface area contributed by atoms with Gasteiger partial charge in [0.05, 0.1) is 16.2 Å². The molecule has 0 amide bonds.